The summed E-state index contributed by atoms with van der Waals surface area (Å²) in [7, 11) is 0. The molecule has 0 unspecified atom stereocenters. The summed E-state index contributed by atoms with van der Waals surface area (Å²) >= 11 is 5.84. The highest BCUT2D eigenvalue weighted by atomic mass is 35.5. The fourth-order valence-corrected chi connectivity index (χ4v) is 2.34. The third kappa shape index (κ3) is 3.43. The molecule has 1 aromatic heterocycles. The maximum absolute atomic E-state index is 11.9. The lowest BCUT2D eigenvalue weighted by molar-refractivity contribution is -0.122. The second-order valence-electron chi connectivity index (χ2n) is 5.04. The highest BCUT2D eigenvalue weighted by Gasteiger charge is 2.27. The molecule has 2 amide bonds. The molecule has 0 aliphatic carbocycles. The van der Waals surface area contributed by atoms with Gasteiger partial charge in [0, 0.05) is 11.4 Å². The van der Waals surface area contributed by atoms with Gasteiger partial charge in [0.2, 0.25) is 17.8 Å². The van der Waals surface area contributed by atoms with E-state index in [0.29, 0.717) is 24.4 Å². The lowest BCUT2D eigenvalue weighted by Gasteiger charge is -2.07. The van der Waals surface area contributed by atoms with Crippen molar-refractivity contribution in [1.29, 1.82) is 0 Å². The Hall–Kier alpha value is -2.41. The molecular formula is C14H14ClN5O2. The molecule has 2 aromatic rings. The van der Waals surface area contributed by atoms with E-state index < -0.39 is 6.04 Å². The number of anilines is 1. The van der Waals surface area contributed by atoms with Crippen LogP contribution in [0.1, 0.15) is 18.4 Å². The van der Waals surface area contributed by atoms with Gasteiger partial charge in [0.1, 0.15) is 12.4 Å². The number of carbonyl (C=O) groups excluding carboxylic acids is 2. The summed E-state index contributed by atoms with van der Waals surface area (Å²) in [5.41, 5.74) is 1.02. The van der Waals surface area contributed by atoms with Crippen LogP contribution < -0.4 is 10.6 Å². The monoisotopic (exact) mass is 319 g/mol. The first kappa shape index (κ1) is 14.5. The highest BCUT2D eigenvalue weighted by molar-refractivity contribution is 6.30. The lowest BCUT2D eigenvalue weighted by Crippen LogP contribution is -2.37. The van der Waals surface area contributed by atoms with Crippen LogP contribution in [0.25, 0.3) is 0 Å². The highest BCUT2D eigenvalue weighted by Crippen LogP contribution is 2.11. The summed E-state index contributed by atoms with van der Waals surface area (Å²) in [6.07, 6.45) is 2.41. The minimum absolute atomic E-state index is 0.110. The fourth-order valence-electron chi connectivity index (χ4n) is 2.21. The van der Waals surface area contributed by atoms with Gasteiger partial charge in [-0.25, -0.2) is 9.67 Å². The maximum atomic E-state index is 11.9. The average Bonchev–Trinajstić information content (AvgIpc) is 3.11. The van der Waals surface area contributed by atoms with Crippen molar-refractivity contribution in [2.24, 2.45) is 0 Å². The van der Waals surface area contributed by atoms with Gasteiger partial charge in [0.25, 0.3) is 0 Å². The summed E-state index contributed by atoms with van der Waals surface area (Å²) in [4.78, 5) is 27.1. The second-order valence-corrected chi connectivity index (χ2v) is 5.48. The molecule has 7 nitrogen and oxygen atoms in total. The van der Waals surface area contributed by atoms with Crippen molar-refractivity contribution in [3.05, 3.63) is 41.2 Å². The molecule has 0 radical (unpaired) electrons. The van der Waals surface area contributed by atoms with Gasteiger partial charge in [-0.3, -0.25) is 14.9 Å². The van der Waals surface area contributed by atoms with Gasteiger partial charge in [-0.2, -0.15) is 0 Å². The number of benzene rings is 1. The van der Waals surface area contributed by atoms with Gasteiger partial charge in [0.05, 0.1) is 6.54 Å². The van der Waals surface area contributed by atoms with Crippen LogP contribution >= 0.6 is 11.6 Å². The fraction of sp³-hybridized carbons (Fsp3) is 0.286. The molecule has 1 atom stereocenters. The summed E-state index contributed by atoms with van der Waals surface area (Å²) in [6.45, 7) is 0.528. The zero-order valence-corrected chi connectivity index (χ0v) is 12.4. The van der Waals surface area contributed by atoms with Gasteiger partial charge < -0.3 is 5.32 Å². The Morgan fingerprint density at radius 2 is 2.18 bits per heavy atom. The average molecular weight is 320 g/mol. The Bertz CT molecular complexity index is 698. The van der Waals surface area contributed by atoms with Crippen LogP contribution in [0, 0.1) is 0 Å². The van der Waals surface area contributed by atoms with Crippen LogP contribution in [0.5, 0.6) is 0 Å². The van der Waals surface area contributed by atoms with Gasteiger partial charge in [-0.1, -0.05) is 23.7 Å². The third-order valence-corrected chi connectivity index (χ3v) is 3.59. The quantitative estimate of drug-likeness (QED) is 0.886. The first-order valence-electron chi connectivity index (χ1n) is 6.84. The van der Waals surface area contributed by atoms with E-state index >= 15 is 0 Å². The number of rotatable bonds is 4. The minimum Gasteiger partial charge on any atom is -0.344 e. The van der Waals surface area contributed by atoms with Crippen LogP contribution in [-0.2, 0) is 16.1 Å². The molecule has 114 valence electrons. The van der Waals surface area contributed by atoms with E-state index in [1.165, 1.54) is 6.33 Å². The number of nitrogens with zero attached hydrogens (tertiary/aromatic N) is 3. The SMILES string of the molecule is O=C1CC[C@H](C(=O)Nc2ncn(Cc3ccc(Cl)cc3)n2)N1. The second kappa shape index (κ2) is 6.15. The molecule has 1 aromatic carbocycles. The summed E-state index contributed by atoms with van der Waals surface area (Å²) in [5, 5.41) is 10.1. The van der Waals surface area contributed by atoms with Crippen LogP contribution in [0.4, 0.5) is 5.95 Å². The van der Waals surface area contributed by atoms with Crippen molar-refractivity contribution in [3.8, 4) is 0 Å². The molecule has 1 aliphatic heterocycles. The van der Waals surface area contributed by atoms with E-state index in [-0.39, 0.29) is 17.8 Å². The molecule has 1 aliphatic rings. The Labute approximate surface area is 131 Å². The zero-order valence-electron chi connectivity index (χ0n) is 11.6. The molecule has 0 saturated carbocycles. The Morgan fingerprint density at radius 3 is 2.86 bits per heavy atom. The standard InChI is InChI=1S/C14H14ClN5O2/c15-10-3-1-9(2-4-10)7-20-8-16-14(19-20)18-13(22)11-5-6-12(21)17-11/h1-4,8,11H,5-7H2,(H,17,21)(H,18,19,22)/t11-/m1/s1. The van der Waals surface area contributed by atoms with Crippen molar-refractivity contribution >= 4 is 29.4 Å². The number of amides is 2. The number of halogens is 1. The molecule has 3 rings (SSSR count). The third-order valence-electron chi connectivity index (χ3n) is 3.34. The number of aromatic nitrogens is 3. The molecule has 1 saturated heterocycles. The molecule has 0 spiro atoms. The van der Waals surface area contributed by atoms with E-state index in [1.54, 1.807) is 16.8 Å². The number of hydrogen-bond donors (Lipinski definition) is 2. The Kier molecular flexibility index (Phi) is 4.06. The van der Waals surface area contributed by atoms with Gasteiger partial charge >= 0.3 is 0 Å². The van der Waals surface area contributed by atoms with Crippen molar-refractivity contribution in [3.63, 3.8) is 0 Å². The first-order chi connectivity index (χ1) is 10.6. The summed E-state index contributed by atoms with van der Waals surface area (Å²) < 4.78 is 1.62. The van der Waals surface area contributed by atoms with Crippen molar-refractivity contribution in [1.82, 2.24) is 20.1 Å². The van der Waals surface area contributed by atoms with E-state index in [0.717, 1.165) is 5.56 Å². The first-order valence-corrected chi connectivity index (χ1v) is 7.22. The summed E-state index contributed by atoms with van der Waals surface area (Å²) in [5.74, 6) is -0.184. The topological polar surface area (TPSA) is 88.9 Å². The van der Waals surface area contributed by atoms with Crippen LogP contribution in [-0.4, -0.2) is 32.6 Å². The molecule has 22 heavy (non-hydrogen) atoms. The Balaban J connectivity index is 1.60. The predicted octanol–water partition coefficient (Wildman–Crippen LogP) is 1.20. The molecule has 2 heterocycles. The smallest absolute Gasteiger partial charge is 0.249 e. The van der Waals surface area contributed by atoms with Crippen LogP contribution in [0.3, 0.4) is 0 Å². The molecular weight excluding hydrogens is 306 g/mol. The molecule has 0 bridgehead atoms. The predicted molar refractivity (Wildman–Crippen MR) is 80.4 cm³/mol. The Morgan fingerprint density at radius 1 is 1.41 bits per heavy atom. The number of hydrogen-bond acceptors (Lipinski definition) is 4. The van der Waals surface area contributed by atoms with Gasteiger partial charge in [-0.05, 0) is 24.1 Å². The number of carbonyl (C=O) groups is 2. The molecule has 2 N–H and O–H groups in total. The van der Waals surface area contributed by atoms with E-state index in [9.17, 15) is 9.59 Å². The van der Waals surface area contributed by atoms with Crippen molar-refractivity contribution in [2.45, 2.75) is 25.4 Å². The maximum Gasteiger partial charge on any atom is 0.249 e. The molecule has 1 fully saturated rings. The van der Waals surface area contributed by atoms with E-state index in [2.05, 4.69) is 20.7 Å². The lowest BCUT2D eigenvalue weighted by atomic mass is 10.2. The molecule has 8 heteroatoms. The van der Waals surface area contributed by atoms with Crippen LogP contribution in [0.15, 0.2) is 30.6 Å². The van der Waals surface area contributed by atoms with Crippen molar-refractivity contribution < 1.29 is 9.59 Å². The number of nitrogens with one attached hydrogen (secondary N) is 2. The van der Waals surface area contributed by atoms with Gasteiger partial charge in [-0.15, -0.1) is 5.10 Å². The zero-order chi connectivity index (χ0) is 15.5. The van der Waals surface area contributed by atoms with E-state index in [4.69, 9.17) is 11.6 Å². The van der Waals surface area contributed by atoms with Gasteiger partial charge in [0.15, 0.2) is 0 Å². The minimum atomic E-state index is -0.504. The normalized spacial score (nSPS) is 17.3. The van der Waals surface area contributed by atoms with Crippen molar-refractivity contribution in [2.75, 3.05) is 5.32 Å². The van der Waals surface area contributed by atoms with Crippen LogP contribution in [0.2, 0.25) is 5.02 Å². The largest absolute Gasteiger partial charge is 0.344 e. The van der Waals surface area contributed by atoms with E-state index in [1.807, 2.05) is 12.1 Å². The summed E-state index contributed by atoms with van der Waals surface area (Å²) in [6, 6.07) is 6.90.